The summed E-state index contributed by atoms with van der Waals surface area (Å²) in [4.78, 5) is 23.2. The molecule has 1 aliphatic heterocycles. The van der Waals surface area contributed by atoms with Crippen molar-refractivity contribution in [3.63, 3.8) is 0 Å². The number of anilines is 2. The molecule has 2 aromatic rings. The third-order valence-electron chi connectivity index (χ3n) is 5.54. The molecule has 2 aromatic carbocycles. The van der Waals surface area contributed by atoms with Gasteiger partial charge < -0.3 is 10.6 Å². The van der Waals surface area contributed by atoms with Crippen molar-refractivity contribution < 1.29 is 18.1 Å². The Morgan fingerprint density at radius 1 is 1.10 bits per heavy atom. The van der Waals surface area contributed by atoms with Crippen LogP contribution >= 0.6 is 0 Å². The van der Waals surface area contributed by atoms with Crippen molar-refractivity contribution in [2.75, 3.05) is 30.8 Å². The van der Waals surface area contributed by atoms with Crippen molar-refractivity contribution in [2.24, 2.45) is 5.92 Å². The molecule has 1 aliphatic rings. The molecule has 1 heterocycles. The molecule has 3 rings (SSSR count). The summed E-state index contributed by atoms with van der Waals surface area (Å²) in [5.41, 5.74) is 2.77. The summed E-state index contributed by atoms with van der Waals surface area (Å²) in [7, 11) is -2.36. The van der Waals surface area contributed by atoms with Crippen LogP contribution in [-0.4, -0.2) is 43.7 Å². The number of hydrogen-bond acceptors (Lipinski definition) is 6. The quantitative estimate of drug-likeness (QED) is 0.519. The Morgan fingerprint density at radius 3 is 2.32 bits per heavy atom. The van der Waals surface area contributed by atoms with Gasteiger partial charge in [-0.15, -0.1) is 0 Å². The van der Waals surface area contributed by atoms with Gasteiger partial charge in [0, 0.05) is 37.8 Å². The predicted octanol–water partition coefficient (Wildman–Crippen LogP) is 3.29. The molecule has 9 nitrogen and oxygen atoms in total. The Labute approximate surface area is 181 Å². The minimum absolute atomic E-state index is 0.127. The number of sulfonamides is 1. The number of carbonyl (C=O) groups is 1. The van der Waals surface area contributed by atoms with E-state index in [0.29, 0.717) is 12.8 Å². The Hall–Kier alpha value is -2.98. The second-order valence-corrected chi connectivity index (χ2v) is 9.61. The highest BCUT2D eigenvalue weighted by atomic mass is 32.2. The number of nitrogens with one attached hydrogen (secondary N) is 2. The summed E-state index contributed by atoms with van der Waals surface area (Å²) in [5, 5.41) is 16.9. The number of carbonyl (C=O) groups excluding carboxylic acids is 1. The monoisotopic (exact) mass is 446 g/mol. The van der Waals surface area contributed by atoms with E-state index in [1.165, 1.54) is 23.5 Å². The highest BCUT2D eigenvalue weighted by Crippen LogP contribution is 2.30. The number of nitro benzene ring substituents is 1. The molecule has 1 amide bonds. The summed E-state index contributed by atoms with van der Waals surface area (Å²) in [6, 6.07) is 9.59. The van der Waals surface area contributed by atoms with Gasteiger partial charge in [0.15, 0.2) is 0 Å². The number of nitrogens with zero attached hydrogens (tertiary/aromatic N) is 2. The van der Waals surface area contributed by atoms with Crippen molar-refractivity contribution in [3.05, 3.63) is 57.6 Å². The van der Waals surface area contributed by atoms with E-state index < -0.39 is 14.9 Å². The lowest BCUT2D eigenvalue weighted by Gasteiger charge is -2.30. The molecule has 0 unspecified atom stereocenters. The van der Waals surface area contributed by atoms with Gasteiger partial charge in [-0.3, -0.25) is 14.9 Å². The van der Waals surface area contributed by atoms with Crippen LogP contribution in [0.25, 0.3) is 0 Å². The van der Waals surface area contributed by atoms with Crippen LogP contribution in [-0.2, 0) is 14.8 Å². The fraction of sp³-hybridized carbons (Fsp3) is 0.381. The van der Waals surface area contributed by atoms with E-state index in [2.05, 4.69) is 10.6 Å². The Kier molecular flexibility index (Phi) is 6.61. The standard InChI is InChI=1S/C21H26N4O5S/c1-14-4-6-18(15(2)12-14)23-21(26)16-8-10-24(11-9-16)31(29,30)17-5-7-19(22-3)20(13-17)25(27)28/h4-7,12-13,16,22H,8-11H2,1-3H3,(H,23,26). The van der Waals surface area contributed by atoms with Gasteiger partial charge in [0.1, 0.15) is 5.69 Å². The maximum Gasteiger partial charge on any atom is 0.293 e. The Morgan fingerprint density at radius 2 is 1.74 bits per heavy atom. The Balaban J connectivity index is 1.69. The average Bonchev–Trinajstić information content (AvgIpc) is 2.75. The fourth-order valence-corrected chi connectivity index (χ4v) is 5.22. The van der Waals surface area contributed by atoms with E-state index in [1.54, 1.807) is 0 Å². The molecular weight excluding hydrogens is 420 g/mol. The van der Waals surface area contributed by atoms with E-state index in [9.17, 15) is 23.3 Å². The minimum atomic E-state index is -3.89. The molecule has 10 heteroatoms. The van der Waals surface area contributed by atoms with E-state index >= 15 is 0 Å². The summed E-state index contributed by atoms with van der Waals surface area (Å²) >= 11 is 0. The number of amides is 1. The molecule has 2 N–H and O–H groups in total. The molecule has 0 atom stereocenters. The first-order chi connectivity index (χ1) is 14.6. The van der Waals surface area contributed by atoms with E-state index in [1.807, 2.05) is 32.0 Å². The summed E-state index contributed by atoms with van der Waals surface area (Å²) < 4.78 is 27.3. The van der Waals surface area contributed by atoms with Gasteiger partial charge in [0.05, 0.1) is 9.82 Å². The highest BCUT2D eigenvalue weighted by Gasteiger charge is 2.33. The van der Waals surface area contributed by atoms with Gasteiger partial charge in [-0.2, -0.15) is 4.31 Å². The summed E-state index contributed by atoms with van der Waals surface area (Å²) in [6.45, 7) is 4.26. The van der Waals surface area contributed by atoms with Crippen LogP contribution in [0.4, 0.5) is 17.1 Å². The zero-order valence-corrected chi connectivity index (χ0v) is 18.5. The molecule has 1 saturated heterocycles. The summed E-state index contributed by atoms with van der Waals surface area (Å²) in [5.74, 6) is -0.425. The third-order valence-corrected chi connectivity index (χ3v) is 7.43. The van der Waals surface area contributed by atoms with Gasteiger partial charge >= 0.3 is 0 Å². The lowest BCUT2D eigenvalue weighted by atomic mass is 9.97. The van der Waals surface area contributed by atoms with Crippen molar-refractivity contribution in [2.45, 2.75) is 31.6 Å². The van der Waals surface area contributed by atoms with Gasteiger partial charge in [0.25, 0.3) is 5.69 Å². The lowest BCUT2D eigenvalue weighted by Crippen LogP contribution is -2.41. The second kappa shape index (κ2) is 9.03. The van der Waals surface area contributed by atoms with Crippen molar-refractivity contribution in [1.82, 2.24) is 4.31 Å². The molecule has 1 fully saturated rings. The van der Waals surface area contributed by atoms with Gasteiger partial charge in [-0.25, -0.2) is 8.42 Å². The number of piperidine rings is 1. The molecule has 0 spiro atoms. The lowest BCUT2D eigenvalue weighted by molar-refractivity contribution is -0.384. The van der Waals surface area contributed by atoms with Crippen LogP contribution in [0.3, 0.4) is 0 Å². The SMILES string of the molecule is CNc1ccc(S(=O)(=O)N2CCC(C(=O)Nc3ccc(C)cc3C)CC2)cc1[N+](=O)[O-]. The smallest absolute Gasteiger partial charge is 0.293 e. The van der Waals surface area contributed by atoms with Crippen LogP contribution in [0.15, 0.2) is 41.3 Å². The maximum absolute atomic E-state index is 13.0. The zero-order valence-electron chi connectivity index (χ0n) is 17.7. The Bertz CT molecular complexity index is 1110. The van der Waals surface area contributed by atoms with Crippen LogP contribution in [0, 0.1) is 29.9 Å². The largest absolute Gasteiger partial charge is 0.383 e. The number of nitro groups is 1. The topological polar surface area (TPSA) is 122 Å². The minimum Gasteiger partial charge on any atom is -0.383 e. The van der Waals surface area contributed by atoms with Gasteiger partial charge in [-0.05, 0) is 50.5 Å². The normalized spacial score (nSPS) is 15.5. The third kappa shape index (κ3) is 4.86. The first-order valence-corrected chi connectivity index (χ1v) is 11.4. The van der Waals surface area contributed by atoms with Crippen LogP contribution < -0.4 is 10.6 Å². The maximum atomic E-state index is 13.0. The zero-order chi connectivity index (χ0) is 22.8. The van der Waals surface area contributed by atoms with E-state index in [-0.39, 0.29) is 41.2 Å². The first kappa shape index (κ1) is 22.7. The first-order valence-electron chi connectivity index (χ1n) is 9.98. The molecule has 31 heavy (non-hydrogen) atoms. The van der Waals surface area contributed by atoms with Crippen molar-refractivity contribution in [3.8, 4) is 0 Å². The number of benzene rings is 2. The predicted molar refractivity (Wildman–Crippen MR) is 119 cm³/mol. The molecule has 166 valence electrons. The fourth-order valence-electron chi connectivity index (χ4n) is 3.73. The number of aryl methyl sites for hydroxylation is 2. The summed E-state index contributed by atoms with van der Waals surface area (Å²) in [6.07, 6.45) is 0.763. The molecule has 0 aliphatic carbocycles. The van der Waals surface area contributed by atoms with E-state index in [4.69, 9.17) is 0 Å². The molecule has 0 radical (unpaired) electrons. The highest BCUT2D eigenvalue weighted by molar-refractivity contribution is 7.89. The van der Waals surface area contributed by atoms with Gasteiger partial charge in [-0.1, -0.05) is 17.7 Å². The molecular formula is C21H26N4O5S. The number of hydrogen-bond donors (Lipinski definition) is 2. The second-order valence-electron chi connectivity index (χ2n) is 7.67. The van der Waals surface area contributed by atoms with E-state index in [0.717, 1.165) is 22.9 Å². The molecule has 0 aromatic heterocycles. The number of rotatable bonds is 6. The van der Waals surface area contributed by atoms with Crippen LogP contribution in [0.2, 0.25) is 0 Å². The van der Waals surface area contributed by atoms with Crippen molar-refractivity contribution >= 4 is 33.0 Å². The average molecular weight is 447 g/mol. The van der Waals surface area contributed by atoms with Crippen LogP contribution in [0.1, 0.15) is 24.0 Å². The molecule has 0 saturated carbocycles. The molecule has 0 bridgehead atoms. The van der Waals surface area contributed by atoms with Crippen molar-refractivity contribution in [1.29, 1.82) is 0 Å². The van der Waals surface area contributed by atoms with Crippen LogP contribution in [0.5, 0.6) is 0 Å². The van der Waals surface area contributed by atoms with Gasteiger partial charge in [0.2, 0.25) is 15.9 Å².